The molecule has 0 spiro atoms. The van der Waals surface area contributed by atoms with Gasteiger partial charge in [-0.25, -0.2) is 9.78 Å². The number of pyridine rings is 1. The van der Waals surface area contributed by atoms with Crippen LogP contribution >= 0.6 is 0 Å². The van der Waals surface area contributed by atoms with Gasteiger partial charge in [0.2, 0.25) is 12.7 Å². The average Bonchev–Trinajstić information content (AvgIpc) is 3.60. The lowest BCUT2D eigenvalue weighted by Gasteiger charge is -2.34. The van der Waals surface area contributed by atoms with Crippen LogP contribution in [0.15, 0.2) is 60.8 Å². The molecular weight excluding hydrogens is 574 g/mol. The zero-order valence-corrected chi connectivity index (χ0v) is 26.3. The van der Waals surface area contributed by atoms with Gasteiger partial charge in [-0.05, 0) is 75.2 Å². The predicted octanol–water partition coefficient (Wildman–Crippen LogP) is 5.64. The first-order chi connectivity index (χ1) is 21.5. The standard InChI is InChI=1S/C34H39N5O6/c1-22(36-33(41)45-34(2,3)4)24-7-11-31(35-19-24)44-26-8-9-27-25(17-26)18-28(37(27)5)32(40)39-14-12-38(13-15-39)20-23-6-10-29-30(16-23)43-21-42-29/h6-11,16-19,22H,12-15,20-21H2,1-5H3,(H,36,41). The molecule has 2 aliphatic heterocycles. The Morgan fingerprint density at radius 3 is 2.49 bits per heavy atom. The van der Waals surface area contributed by atoms with Crippen LogP contribution in [0.4, 0.5) is 4.79 Å². The number of benzene rings is 2. The summed E-state index contributed by atoms with van der Waals surface area (Å²) in [6.45, 7) is 11.3. The molecule has 0 bridgehead atoms. The number of fused-ring (bicyclic) bond motifs is 2. The predicted molar refractivity (Wildman–Crippen MR) is 169 cm³/mol. The zero-order chi connectivity index (χ0) is 31.7. The van der Waals surface area contributed by atoms with Crippen LogP contribution in [0.1, 0.15) is 55.4 Å². The number of alkyl carbamates (subject to hydrolysis) is 1. The van der Waals surface area contributed by atoms with Crippen molar-refractivity contribution in [2.24, 2.45) is 7.05 Å². The molecule has 236 valence electrons. The Morgan fingerprint density at radius 1 is 0.978 bits per heavy atom. The second kappa shape index (κ2) is 12.3. The fourth-order valence-corrected chi connectivity index (χ4v) is 5.56. The van der Waals surface area contributed by atoms with Gasteiger partial charge in [0.1, 0.15) is 17.0 Å². The molecule has 0 aliphatic carbocycles. The number of carbonyl (C=O) groups is 2. The maximum absolute atomic E-state index is 13.6. The third-order valence-electron chi connectivity index (χ3n) is 7.95. The summed E-state index contributed by atoms with van der Waals surface area (Å²) in [5, 5.41) is 3.72. The molecular formula is C34H39N5O6. The summed E-state index contributed by atoms with van der Waals surface area (Å²) in [5.74, 6) is 2.64. The van der Waals surface area contributed by atoms with Gasteiger partial charge in [0, 0.05) is 62.9 Å². The molecule has 4 aromatic rings. The Hall–Kier alpha value is -4.77. The van der Waals surface area contributed by atoms with E-state index in [0.29, 0.717) is 30.4 Å². The van der Waals surface area contributed by atoms with Gasteiger partial charge in [-0.2, -0.15) is 0 Å². The minimum Gasteiger partial charge on any atom is -0.454 e. The van der Waals surface area contributed by atoms with Gasteiger partial charge < -0.3 is 33.7 Å². The number of hydrogen-bond donors (Lipinski definition) is 1. The molecule has 2 aromatic heterocycles. The molecule has 6 rings (SSSR count). The molecule has 11 heteroatoms. The van der Waals surface area contributed by atoms with Crippen LogP contribution in [-0.2, 0) is 18.3 Å². The molecule has 2 amide bonds. The minimum absolute atomic E-state index is 0.0188. The number of piperazine rings is 1. The van der Waals surface area contributed by atoms with E-state index in [1.807, 2.05) is 86.7 Å². The van der Waals surface area contributed by atoms with Crippen LogP contribution < -0.4 is 19.5 Å². The van der Waals surface area contributed by atoms with E-state index in [4.69, 9.17) is 18.9 Å². The van der Waals surface area contributed by atoms with E-state index in [2.05, 4.69) is 21.3 Å². The van der Waals surface area contributed by atoms with E-state index in [0.717, 1.165) is 47.6 Å². The Labute approximate surface area is 262 Å². The van der Waals surface area contributed by atoms with Crippen molar-refractivity contribution in [3.05, 3.63) is 77.6 Å². The topological polar surface area (TPSA) is 107 Å². The maximum Gasteiger partial charge on any atom is 0.408 e. The van der Waals surface area contributed by atoms with E-state index in [-0.39, 0.29) is 18.7 Å². The van der Waals surface area contributed by atoms with Crippen molar-refractivity contribution in [2.75, 3.05) is 33.0 Å². The highest BCUT2D eigenvalue weighted by Crippen LogP contribution is 2.33. The van der Waals surface area contributed by atoms with Crippen LogP contribution in [-0.4, -0.2) is 69.9 Å². The monoisotopic (exact) mass is 613 g/mol. The Balaban J connectivity index is 1.05. The third kappa shape index (κ3) is 6.99. The van der Waals surface area contributed by atoms with Gasteiger partial charge in [0.15, 0.2) is 11.5 Å². The van der Waals surface area contributed by atoms with Gasteiger partial charge in [0.25, 0.3) is 5.91 Å². The highest BCUT2D eigenvalue weighted by Gasteiger charge is 2.25. The number of hydrogen-bond acceptors (Lipinski definition) is 8. The van der Waals surface area contributed by atoms with Gasteiger partial charge in [0.05, 0.1) is 6.04 Å². The first-order valence-electron chi connectivity index (χ1n) is 15.2. The maximum atomic E-state index is 13.6. The van der Waals surface area contributed by atoms with Crippen molar-refractivity contribution in [3.63, 3.8) is 0 Å². The molecule has 4 heterocycles. The molecule has 2 aromatic carbocycles. The number of nitrogens with one attached hydrogen (secondary N) is 1. The zero-order valence-electron chi connectivity index (χ0n) is 26.3. The summed E-state index contributed by atoms with van der Waals surface area (Å²) in [4.78, 5) is 34.4. The number of aromatic nitrogens is 2. The molecule has 0 saturated carbocycles. The summed E-state index contributed by atoms with van der Waals surface area (Å²) >= 11 is 0. The molecule has 2 aliphatic rings. The SMILES string of the molecule is CC(NC(=O)OC(C)(C)C)c1ccc(Oc2ccc3c(c2)cc(C(=O)N2CCN(Cc4ccc5c(c4)OCO5)CC2)n3C)nc1. The van der Waals surface area contributed by atoms with E-state index in [1.54, 1.807) is 12.3 Å². The summed E-state index contributed by atoms with van der Waals surface area (Å²) in [6.07, 6.45) is 1.19. The van der Waals surface area contributed by atoms with E-state index >= 15 is 0 Å². The van der Waals surface area contributed by atoms with Gasteiger partial charge in [-0.1, -0.05) is 12.1 Å². The Kier molecular flexibility index (Phi) is 8.28. The number of amides is 2. The lowest BCUT2D eigenvalue weighted by molar-refractivity contribution is 0.0507. The second-order valence-corrected chi connectivity index (χ2v) is 12.5. The number of aryl methyl sites for hydroxylation is 1. The molecule has 1 N–H and O–H groups in total. The van der Waals surface area contributed by atoms with Crippen molar-refractivity contribution in [1.29, 1.82) is 0 Å². The van der Waals surface area contributed by atoms with Crippen LogP contribution in [0.25, 0.3) is 10.9 Å². The molecule has 45 heavy (non-hydrogen) atoms. The summed E-state index contributed by atoms with van der Waals surface area (Å²) in [6, 6.07) is 17.0. The van der Waals surface area contributed by atoms with Crippen molar-refractivity contribution in [2.45, 2.75) is 45.9 Å². The van der Waals surface area contributed by atoms with Gasteiger partial charge in [-0.3, -0.25) is 9.69 Å². The number of rotatable bonds is 7. The van der Waals surface area contributed by atoms with E-state index in [1.165, 1.54) is 5.56 Å². The molecule has 1 atom stereocenters. The number of nitrogens with zero attached hydrogens (tertiary/aromatic N) is 4. The fourth-order valence-electron chi connectivity index (χ4n) is 5.56. The summed E-state index contributed by atoms with van der Waals surface area (Å²) in [7, 11) is 1.92. The van der Waals surface area contributed by atoms with Crippen molar-refractivity contribution < 1.29 is 28.5 Å². The van der Waals surface area contributed by atoms with Gasteiger partial charge in [-0.15, -0.1) is 0 Å². The summed E-state index contributed by atoms with van der Waals surface area (Å²) < 4.78 is 24.2. The molecule has 1 saturated heterocycles. The lowest BCUT2D eigenvalue weighted by atomic mass is 10.1. The molecule has 1 unspecified atom stereocenters. The molecule has 0 radical (unpaired) electrons. The Bertz CT molecular complexity index is 1700. The first-order valence-corrected chi connectivity index (χ1v) is 15.2. The van der Waals surface area contributed by atoms with E-state index < -0.39 is 11.7 Å². The van der Waals surface area contributed by atoms with Crippen LogP contribution in [0.5, 0.6) is 23.1 Å². The van der Waals surface area contributed by atoms with Gasteiger partial charge >= 0.3 is 6.09 Å². The molecule has 11 nitrogen and oxygen atoms in total. The fraction of sp³-hybridized carbons (Fsp3) is 0.382. The number of carbonyl (C=O) groups excluding carboxylic acids is 2. The smallest absolute Gasteiger partial charge is 0.408 e. The Morgan fingerprint density at radius 2 is 1.76 bits per heavy atom. The third-order valence-corrected chi connectivity index (χ3v) is 7.95. The van der Waals surface area contributed by atoms with Crippen molar-refractivity contribution in [3.8, 4) is 23.1 Å². The summed E-state index contributed by atoms with van der Waals surface area (Å²) in [5.41, 5.74) is 3.00. The van der Waals surface area contributed by atoms with Crippen LogP contribution in [0.2, 0.25) is 0 Å². The minimum atomic E-state index is -0.570. The highest BCUT2D eigenvalue weighted by molar-refractivity contribution is 5.99. The van der Waals surface area contributed by atoms with Crippen LogP contribution in [0.3, 0.4) is 0 Å². The largest absolute Gasteiger partial charge is 0.454 e. The van der Waals surface area contributed by atoms with Crippen LogP contribution in [0, 0.1) is 0 Å². The second-order valence-electron chi connectivity index (χ2n) is 12.5. The number of ether oxygens (including phenoxy) is 4. The average molecular weight is 614 g/mol. The van der Waals surface area contributed by atoms with Crippen molar-refractivity contribution >= 4 is 22.9 Å². The van der Waals surface area contributed by atoms with E-state index in [9.17, 15) is 9.59 Å². The quantitative estimate of drug-likeness (QED) is 0.286. The lowest BCUT2D eigenvalue weighted by Crippen LogP contribution is -2.48. The highest BCUT2D eigenvalue weighted by atomic mass is 16.7. The van der Waals surface area contributed by atoms with Crippen molar-refractivity contribution in [1.82, 2.24) is 24.7 Å². The normalized spacial score (nSPS) is 15.6. The molecule has 1 fully saturated rings. The first kappa shape index (κ1) is 30.3.